The molecule has 4 heteroatoms. The van der Waals surface area contributed by atoms with Crippen LogP contribution >= 0.6 is 22.7 Å². The van der Waals surface area contributed by atoms with Gasteiger partial charge < -0.3 is 0 Å². The van der Waals surface area contributed by atoms with Gasteiger partial charge in [0.15, 0.2) is 11.6 Å². The molecule has 2 heterocycles. The van der Waals surface area contributed by atoms with Crippen molar-refractivity contribution >= 4 is 45.4 Å². The fourth-order valence-corrected chi connectivity index (χ4v) is 4.10. The van der Waals surface area contributed by atoms with Crippen LogP contribution in [0.25, 0.3) is 11.1 Å². The molecule has 0 radical (unpaired) electrons. The number of hydrogen-bond acceptors (Lipinski definition) is 4. The second-order valence-electron chi connectivity index (χ2n) is 4.93. The van der Waals surface area contributed by atoms with Gasteiger partial charge in [0, 0.05) is 32.0 Å². The second kappa shape index (κ2) is 5.16. The summed E-state index contributed by atoms with van der Waals surface area (Å²) < 4.78 is 0. The molecule has 0 spiro atoms. The Bertz CT molecular complexity index is 813. The van der Waals surface area contributed by atoms with E-state index >= 15 is 0 Å². The van der Waals surface area contributed by atoms with Crippen LogP contribution in [0.5, 0.6) is 0 Å². The average Bonchev–Trinajstić information content (AvgIpc) is 3.22. The molecule has 0 aliphatic heterocycles. The number of rotatable bonds is 2. The van der Waals surface area contributed by atoms with Gasteiger partial charge in [0.05, 0.1) is 0 Å². The number of ketones is 2. The van der Waals surface area contributed by atoms with Crippen molar-refractivity contribution in [3.8, 4) is 0 Å². The molecule has 2 aliphatic carbocycles. The monoisotopic (exact) mass is 322 g/mol. The summed E-state index contributed by atoms with van der Waals surface area (Å²) in [5, 5.41) is 3.88. The molecule has 0 atom stereocenters. The minimum Gasteiger partial charge on any atom is -0.289 e. The van der Waals surface area contributed by atoms with E-state index in [2.05, 4.69) is 0 Å². The third-order valence-electron chi connectivity index (χ3n) is 3.68. The predicted molar refractivity (Wildman–Crippen MR) is 90.8 cm³/mol. The van der Waals surface area contributed by atoms with Crippen LogP contribution in [-0.4, -0.2) is 11.6 Å². The highest BCUT2D eigenvalue weighted by atomic mass is 32.1. The Labute approximate surface area is 135 Å². The zero-order chi connectivity index (χ0) is 15.1. The molecule has 2 aromatic rings. The van der Waals surface area contributed by atoms with Crippen molar-refractivity contribution < 1.29 is 9.59 Å². The summed E-state index contributed by atoms with van der Waals surface area (Å²) in [6, 6.07) is 7.68. The van der Waals surface area contributed by atoms with Crippen molar-refractivity contribution in [3.63, 3.8) is 0 Å². The minimum atomic E-state index is -0.0743. The van der Waals surface area contributed by atoms with Gasteiger partial charge in [0.2, 0.25) is 0 Å². The molecule has 0 saturated carbocycles. The van der Waals surface area contributed by atoms with Crippen LogP contribution in [0.1, 0.15) is 9.75 Å². The van der Waals surface area contributed by atoms with Crippen molar-refractivity contribution in [3.05, 3.63) is 80.2 Å². The van der Waals surface area contributed by atoms with Crippen molar-refractivity contribution in [2.75, 3.05) is 0 Å². The quantitative estimate of drug-likeness (QED) is 0.826. The van der Waals surface area contributed by atoms with Crippen LogP contribution in [0.3, 0.4) is 0 Å². The van der Waals surface area contributed by atoms with Crippen LogP contribution in [-0.2, 0) is 9.59 Å². The Morgan fingerprint density at radius 1 is 0.591 bits per heavy atom. The normalized spacial score (nSPS) is 17.5. The SMILES string of the molecule is O=C1C2=CC=C(c3cccs3)C(=O)C2=CC=C1c1cccs1. The van der Waals surface area contributed by atoms with Crippen molar-refractivity contribution in [1.29, 1.82) is 0 Å². The van der Waals surface area contributed by atoms with Crippen LogP contribution in [0, 0.1) is 0 Å². The molecule has 2 aliphatic rings. The lowest BCUT2D eigenvalue weighted by molar-refractivity contribution is -0.113. The Morgan fingerprint density at radius 3 is 1.36 bits per heavy atom. The third kappa shape index (κ3) is 2.00. The Balaban J connectivity index is 1.79. The lowest BCUT2D eigenvalue weighted by Crippen LogP contribution is -2.19. The Morgan fingerprint density at radius 2 is 1.00 bits per heavy atom. The standard InChI is InChI=1S/C18H10O2S2/c19-17-11-6-8-14(16-4-2-10-22-16)18(20)12(11)5-7-13(17)15-3-1-9-21-15/h1-10H. The summed E-state index contributed by atoms with van der Waals surface area (Å²) in [7, 11) is 0. The first kappa shape index (κ1) is 13.4. The summed E-state index contributed by atoms with van der Waals surface area (Å²) in [6.45, 7) is 0. The number of hydrogen-bond donors (Lipinski definition) is 0. The van der Waals surface area contributed by atoms with E-state index in [-0.39, 0.29) is 11.6 Å². The fraction of sp³-hybridized carbons (Fsp3) is 0. The molecule has 0 fully saturated rings. The average molecular weight is 322 g/mol. The maximum Gasteiger partial charge on any atom is 0.195 e. The van der Waals surface area contributed by atoms with Gasteiger partial charge in [-0.15, -0.1) is 22.7 Å². The molecule has 0 unspecified atom stereocenters. The van der Waals surface area contributed by atoms with E-state index in [1.54, 1.807) is 24.3 Å². The summed E-state index contributed by atoms with van der Waals surface area (Å²) in [5.74, 6) is -0.149. The summed E-state index contributed by atoms with van der Waals surface area (Å²) in [6.07, 6.45) is 7.06. The number of carbonyl (C=O) groups excluding carboxylic acids is 2. The van der Waals surface area contributed by atoms with E-state index in [0.717, 1.165) is 9.75 Å². The molecule has 0 aromatic carbocycles. The molecule has 106 valence electrons. The number of carbonyl (C=O) groups is 2. The van der Waals surface area contributed by atoms with Gasteiger partial charge in [-0.3, -0.25) is 9.59 Å². The van der Waals surface area contributed by atoms with Crippen molar-refractivity contribution in [2.45, 2.75) is 0 Å². The van der Waals surface area contributed by atoms with Gasteiger partial charge in [0.25, 0.3) is 0 Å². The van der Waals surface area contributed by atoms with Crippen molar-refractivity contribution in [2.24, 2.45) is 0 Å². The molecule has 0 N–H and O–H groups in total. The van der Waals surface area contributed by atoms with E-state index < -0.39 is 0 Å². The molecule has 0 saturated heterocycles. The van der Waals surface area contributed by atoms with Gasteiger partial charge in [-0.05, 0) is 47.2 Å². The first-order chi connectivity index (χ1) is 10.8. The van der Waals surface area contributed by atoms with Crippen LogP contribution in [0.4, 0.5) is 0 Å². The molecule has 4 rings (SSSR count). The zero-order valence-corrected chi connectivity index (χ0v) is 13.0. The number of fused-ring (bicyclic) bond motifs is 1. The molecular formula is C18H10O2S2. The molecule has 22 heavy (non-hydrogen) atoms. The van der Waals surface area contributed by atoms with E-state index in [4.69, 9.17) is 0 Å². The lowest BCUT2D eigenvalue weighted by Gasteiger charge is -2.19. The van der Waals surface area contributed by atoms with Gasteiger partial charge in [-0.2, -0.15) is 0 Å². The highest BCUT2D eigenvalue weighted by Gasteiger charge is 2.31. The highest BCUT2D eigenvalue weighted by molar-refractivity contribution is 7.12. The summed E-state index contributed by atoms with van der Waals surface area (Å²) in [4.78, 5) is 27.2. The maximum absolute atomic E-state index is 12.6. The number of Topliss-reactive ketones (excluding diaryl/α,β-unsaturated/α-hetero) is 2. The summed E-state index contributed by atoms with van der Waals surface area (Å²) >= 11 is 3.06. The number of allylic oxidation sites excluding steroid dienone is 8. The number of thiophene rings is 2. The van der Waals surface area contributed by atoms with Gasteiger partial charge in [-0.1, -0.05) is 12.1 Å². The van der Waals surface area contributed by atoms with E-state index in [1.807, 2.05) is 35.0 Å². The fourth-order valence-electron chi connectivity index (χ4n) is 2.60. The third-order valence-corrected chi connectivity index (χ3v) is 5.48. The van der Waals surface area contributed by atoms with Gasteiger partial charge >= 0.3 is 0 Å². The lowest BCUT2D eigenvalue weighted by atomic mass is 9.82. The molecular weight excluding hydrogens is 312 g/mol. The largest absolute Gasteiger partial charge is 0.289 e. The van der Waals surface area contributed by atoms with Gasteiger partial charge in [-0.25, -0.2) is 0 Å². The second-order valence-corrected chi connectivity index (χ2v) is 6.83. The maximum atomic E-state index is 12.6. The molecule has 0 amide bonds. The topological polar surface area (TPSA) is 34.1 Å². The predicted octanol–water partition coefficient (Wildman–Crippen LogP) is 4.29. The van der Waals surface area contributed by atoms with Gasteiger partial charge in [0.1, 0.15) is 0 Å². The van der Waals surface area contributed by atoms with Crippen molar-refractivity contribution in [1.82, 2.24) is 0 Å². The highest BCUT2D eigenvalue weighted by Crippen LogP contribution is 2.36. The van der Waals surface area contributed by atoms with Crippen LogP contribution < -0.4 is 0 Å². The zero-order valence-electron chi connectivity index (χ0n) is 11.4. The van der Waals surface area contributed by atoms with E-state index in [9.17, 15) is 9.59 Å². The summed E-state index contributed by atoms with van der Waals surface area (Å²) in [5.41, 5.74) is 2.31. The molecule has 2 aromatic heterocycles. The first-order valence-corrected chi connectivity index (χ1v) is 8.53. The van der Waals surface area contributed by atoms with Crippen LogP contribution in [0.15, 0.2) is 70.5 Å². The Kier molecular flexibility index (Phi) is 3.13. The van der Waals surface area contributed by atoms with E-state index in [1.165, 1.54) is 22.7 Å². The van der Waals surface area contributed by atoms with Crippen LogP contribution in [0.2, 0.25) is 0 Å². The molecule has 0 bridgehead atoms. The Hall–Kier alpha value is -2.30. The minimum absolute atomic E-state index is 0.0743. The first-order valence-electron chi connectivity index (χ1n) is 6.77. The molecule has 2 nitrogen and oxygen atoms in total. The van der Waals surface area contributed by atoms with E-state index in [0.29, 0.717) is 22.3 Å². The smallest absolute Gasteiger partial charge is 0.195 e.